The summed E-state index contributed by atoms with van der Waals surface area (Å²) in [6.07, 6.45) is 1.87. The zero-order chi connectivity index (χ0) is 14.7. The molecule has 0 bridgehead atoms. The molecule has 1 fully saturated rings. The lowest BCUT2D eigenvalue weighted by molar-refractivity contribution is -0.128. The van der Waals surface area contributed by atoms with E-state index in [9.17, 15) is 14.4 Å². The normalized spacial score (nSPS) is 18.3. The van der Waals surface area contributed by atoms with Crippen molar-refractivity contribution in [2.24, 2.45) is 0 Å². The maximum atomic E-state index is 12.1. The minimum Gasteiger partial charge on any atom is -0.344 e. The first-order valence-electron chi connectivity index (χ1n) is 6.69. The van der Waals surface area contributed by atoms with Crippen LogP contribution in [-0.4, -0.2) is 23.6 Å². The summed E-state index contributed by atoms with van der Waals surface area (Å²) < 4.78 is 0. The Labute approximate surface area is 117 Å². The number of rotatable bonds is 3. The quantitative estimate of drug-likeness (QED) is 0.825. The van der Waals surface area contributed by atoms with Gasteiger partial charge in [0.2, 0.25) is 11.8 Å². The van der Waals surface area contributed by atoms with Crippen molar-refractivity contribution < 1.29 is 14.4 Å². The lowest BCUT2D eigenvalue weighted by Gasteiger charge is -2.22. The molecule has 0 radical (unpaired) electrons. The molecule has 5 heteroatoms. The molecule has 2 N–H and O–H groups in total. The highest BCUT2D eigenvalue weighted by Crippen LogP contribution is 2.17. The van der Waals surface area contributed by atoms with Crippen molar-refractivity contribution in [3.63, 3.8) is 0 Å². The van der Waals surface area contributed by atoms with Crippen LogP contribution in [0.3, 0.4) is 0 Å². The predicted molar refractivity (Wildman–Crippen MR) is 75.6 cm³/mol. The number of carbonyl (C=O) groups excluding carboxylic acids is 3. The van der Waals surface area contributed by atoms with Crippen LogP contribution in [0.5, 0.6) is 0 Å². The van der Waals surface area contributed by atoms with Crippen molar-refractivity contribution in [2.75, 3.05) is 5.32 Å². The Morgan fingerprint density at radius 2 is 2.10 bits per heavy atom. The summed E-state index contributed by atoms with van der Waals surface area (Å²) in [6.45, 7) is 3.34. The Bertz CT molecular complexity index is 566. The van der Waals surface area contributed by atoms with E-state index in [1.165, 1.54) is 6.92 Å². The second-order valence-electron chi connectivity index (χ2n) is 5.09. The van der Waals surface area contributed by atoms with E-state index in [1.54, 1.807) is 18.2 Å². The first kappa shape index (κ1) is 14.2. The predicted octanol–water partition coefficient (Wildman–Crippen LogP) is 1.80. The molecule has 106 valence electrons. The van der Waals surface area contributed by atoms with Crippen molar-refractivity contribution in [3.8, 4) is 0 Å². The Morgan fingerprint density at radius 3 is 2.70 bits per heavy atom. The fraction of sp³-hybridized carbons (Fsp3) is 0.400. The number of hydrogen-bond donors (Lipinski definition) is 2. The monoisotopic (exact) mass is 274 g/mol. The molecule has 0 aliphatic carbocycles. The first-order chi connectivity index (χ1) is 9.47. The van der Waals surface area contributed by atoms with E-state index in [4.69, 9.17) is 0 Å². The summed E-state index contributed by atoms with van der Waals surface area (Å²) in [5, 5.41) is 5.45. The number of ketones is 1. The number of anilines is 1. The second-order valence-corrected chi connectivity index (χ2v) is 5.09. The van der Waals surface area contributed by atoms with Gasteiger partial charge in [0, 0.05) is 17.7 Å². The average Bonchev–Trinajstić information content (AvgIpc) is 2.38. The molecule has 0 aromatic heterocycles. The van der Waals surface area contributed by atoms with Gasteiger partial charge in [0.15, 0.2) is 5.78 Å². The zero-order valence-corrected chi connectivity index (χ0v) is 11.7. The highest BCUT2D eigenvalue weighted by molar-refractivity contribution is 5.99. The third kappa shape index (κ3) is 3.23. The van der Waals surface area contributed by atoms with Crippen LogP contribution < -0.4 is 10.6 Å². The van der Waals surface area contributed by atoms with Gasteiger partial charge in [-0.3, -0.25) is 14.4 Å². The van der Waals surface area contributed by atoms with E-state index >= 15 is 0 Å². The van der Waals surface area contributed by atoms with Crippen LogP contribution in [0.25, 0.3) is 0 Å². The van der Waals surface area contributed by atoms with E-state index in [2.05, 4.69) is 10.6 Å². The highest BCUT2D eigenvalue weighted by Gasteiger charge is 2.24. The van der Waals surface area contributed by atoms with Crippen LogP contribution >= 0.6 is 0 Å². The van der Waals surface area contributed by atoms with Crippen LogP contribution in [0.1, 0.15) is 42.1 Å². The molecule has 1 aliphatic rings. The van der Waals surface area contributed by atoms with Gasteiger partial charge >= 0.3 is 0 Å². The number of benzene rings is 1. The summed E-state index contributed by atoms with van der Waals surface area (Å²) >= 11 is 0. The SMILES string of the molecule is CC(=O)c1ccc(NC(=O)C2CCCC(=O)N2)cc1C. The van der Waals surface area contributed by atoms with Crippen molar-refractivity contribution in [1.29, 1.82) is 0 Å². The highest BCUT2D eigenvalue weighted by atomic mass is 16.2. The number of amides is 2. The fourth-order valence-corrected chi connectivity index (χ4v) is 2.37. The molecule has 0 saturated carbocycles. The third-order valence-corrected chi connectivity index (χ3v) is 3.42. The maximum absolute atomic E-state index is 12.1. The number of Topliss-reactive ketones (excluding diaryl/α,β-unsaturated/α-hetero) is 1. The topological polar surface area (TPSA) is 75.3 Å². The van der Waals surface area contributed by atoms with Gasteiger partial charge in [0.05, 0.1) is 0 Å². The van der Waals surface area contributed by atoms with Gasteiger partial charge in [-0.2, -0.15) is 0 Å². The van der Waals surface area contributed by atoms with E-state index in [0.29, 0.717) is 24.1 Å². The van der Waals surface area contributed by atoms with Crippen LogP contribution in [0, 0.1) is 6.92 Å². The summed E-state index contributed by atoms with van der Waals surface area (Å²) in [5.74, 6) is -0.299. The first-order valence-corrected chi connectivity index (χ1v) is 6.69. The summed E-state index contributed by atoms with van der Waals surface area (Å²) in [5.41, 5.74) is 2.11. The van der Waals surface area contributed by atoms with Crippen molar-refractivity contribution in [3.05, 3.63) is 29.3 Å². The lowest BCUT2D eigenvalue weighted by Crippen LogP contribution is -2.46. The Morgan fingerprint density at radius 1 is 1.35 bits per heavy atom. The van der Waals surface area contributed by atoms with Gasteiger partial charge < -0.3 is 10.6 Å². The number of piperidine rings is 1. The average molecular weight is 274 g/mol. The molecule has 1 saturated heterocycles. The number of aryl methyl sites for hydroxylation is 1. The summed E-state index contributed by atoms with van der Waals surface area (Å²) in [4.78, 5) is 34.7. The zero-order valence-electron chi connectivity index (χ0n) is 11.7. The lowest BCUT2D eigenvalue weighted by atomic mass is 10.0. The largest absolute Gasteiger partial charge is 0.344 e. The number of carbonyl (C=O) groups is 3. The minimum atomic E-state index is -0.468. The van der Waals surface area contributed by atoms with E-state index in [1.807, 2.05) is 6.92 Å². The molecule has 5 nitrogen and oxygen atoms in total. The van der Waals surface area contributed by atoms with Crippen LogP contribution in [0.4, 0.5) is 5.69 Å². The third-order valence-electron chi connectivity index (χ3n) is 3.42. The van der Waals surface area contributed by atoms with Crippen molar-refractivity contribution in [2.45, 2.75) is 39.2 Å². The van der Waals surface area contributed by atoms with E-state index < -0.39 is 6.04 Å². The molecular weight excluding hydrogens is 256 g/mol. The van der Waals surface area contributed by atoms with Crippen molar-refractivity contribution in [1.82, 2.24) is 5.32 Å². The maximum Gasteiger partial charge on any atom is 0.246 e. The molecule has 1 atom stereocenters. The molecule has 2 amide bonds. The van der Waals surface area contributed by atoms with Gasteiger partial charge in [-0.15, -0.1) is 0 Å². The molecular formula is C15H18N2O3. The van der Waals surface area contributed by atoms with Gasteiger partial charge in [0.1, 0.15) is 6.04 Å². The smallest absolute Gasteiger partial charge is 0.246 e. The molecule has 1 aromatic carbocycles. The Balaban J connectivity index is 2.06. The van der Waals surface area contributed by atoms with E-state index in [-0.39, 0.29) is 17.6 Å². The fourth-order valence-electron chi connectivity index (χ4n) is 2.37. The summed E-state index contributed by atoms with van der Waals surface area (Å²) in [7, 11) is 0. The van der Waals surface area contributed by atoms with Gasteiger partial charge in [-0.1, -0.05) is 0 Å². The van der Waals surface area contributed by atoms with E-state index in [0.717, 1.165) is 12.0 Å². The Hall–Kier alpha value is -2.17. The van der Waals surface area contributed by atoms with Crippen LogP contribution in [0.2, 0.25) is 0 Å². The van der Waals surface area contributed by atoms with Crippen LogP contribution in [-0.2, 0) is 9.59 Å². The molecule has 0 spiro atoms. The molecule has 20 heavy (non-hydrogen) atoms. The molecule has 1 heterocycles. The molecule has 1 aliphatic heterocycles. The van der Waals surface area contributed by atoms with Gasteiger partial charge in [-0.25, -0.2) is 0 Å². The Kier molecular flexibility index (Phi) is 4.17. The number of hydrogen-bond acceptors (Lipinski definition) is 3. The van der Waals surface area contributed by atoms with Gasteiger partial charge in [-0.05, 0) is 50.5 Å². The summed E-state index contributed by atoms with van der Waals surface area (Å²) in [6, 6.07) is 4.70. The second kappa shape index (κ2) is 5.86. The minimum absolute atomic E-state index is 0.0000737. The van der Waals surface area contributed by atoms with Crippen LogP contribution in [0.15, 0.2) is 18.2 Å². The molecule has 2 rings (SSSR count). The molecule has 1 aromatic rings. The standard InChI is InChI=1S/C15H18N2O3/c1-9-8-11(6-7-12(9)10(2)18)16-15(20)13-4-3-5-14(19)17-13/h6-8,13H,3-5H2,1-2H3,(H,16,20)(H,17,19). The molecule has 1 unspecified atom stereocenters. The number of nitrogens with one attached hydrogen (secondary N) is 2. The van der Waals surface area contributed by atoms with Crippen molar-refractivity contribution >= 4 is 23.3 Å². The van der Waals surface area contributed by atoms with Gasteiger partial charge in [0.25, 0.3) is 0 Å².